The first-order valence-electron chi connectivity index (χ1n) is 6.39. The van der Waals surface area contributed by atoms with Crippen LogP contribution < -0.4 is 10.5 Å². The minimum absolute atomic E-state index is 0.0255. The molecule has 0 amide bonds. The lowest BCUT2D eigenvalue weighted by Gasteiger charge is -2.24. The van der Waals surface area contributed by atoms with Crippen molar-refractivity contribution in [2.24, 2.45) is 5.73 Å². The zero-order valence-electron chi connectivity index (χ0n) is 11.1. The molecule has 0 saturated heterocycles. The molecule has 0 fully saturated rings. The minimum Gasteiger partial charge on any atom is -0.481 e. The molecular weight excluding hydrogens is 279 g/mol. The van der Waals surface area contributed by atoms with Crippen LogP contribution in [-0.4, -0.2) is 11.0 Å². The van der Waals surface area contributed by atoms with Crippen LogP contribution in [0.5, 0.6) is 5.75 Å². The topological polar surface area (TPSA) is 48.1 Å². The molecule has 106 valence electrons. The summed E-state index contributed by atoms with van der Waals surface area (Å²) >= 11 is 5.76. The van der Waals surface area contributed by atoms with Crippen molar-refractivity contribution < 1.29 is 9.13 Å². The highest BCUT2D eigenvalue weighted by Crippen LogP contribution is 2.30. The van der Waals surface area contributed by atoms with Crippen molar-refractivity contribution >= 4 is 11.6 Å². The van der Waals surface area contributed by atoms with E-state index < -0.39 is 11.9 Å². The first kappa shape index (κ1) is 14.8. The Morgan fingerprint density at radius 2 is 2.15 bits per heavy atom. The molecule has 20 heavy (non-hydrogen) atoms. The standard InChI is InChI=1S/C15H16ClFN2O/c1-2-12(18)15(10-5-4-8-19-9-10)20-13-7-3-6-11(16)14(13)17/h3-9,12,15H,2,18H2,1H3. The zero-order valence-corrected chi connectivity index (χ0v) is 11.8. The quantitative estimate of drug-likeness (QED) is 0.914. The SMILES string of the molecule is CCC(N)C(Oc1cccc(Cl)c1F)c1cccnc1. The third-order valence-electron chi connectivity index (χ3n) is 3.04. The van der Waals surface area contributed by atoms with Crippen molar-refractivity contribution in [3.63, 3.8) is 0 Å². The summed E-state index contributed by atoms with van der Waals surface area (Å²) in [5.74, 6) is -0.485. The van der Waals surface area contributed by atoms with E-state index in [4.69, 9.17) is 22.1 Å². The number of halogens is 2. The summed E-state index contributed by atoms with van der Waals surface area (Å²) in [6, 6.07) is 8.03. The number of benzene rings is 1. The third-order valence-corrected chi connectivity index (χ3v) is 3.34. The number of rotatable bonds is 5. The summed E-state index contributed by atoms with van der Waals surface area (Å²) in [6.07, 6.45) is 3.56. The second-order valence-corrected chi connectivity index (χ2v) is 4.86. The molecule has 0 spiro atoms. The first-order chi connectivity index (χ1) is 9.63. The van der Waals surface area contributed by atoms with Crippen molar-refractivity contribution in [3.05, 3.63) is 59.1 Å². The molecule has 0 aliphatic heterocycles. The van der Waals surface area contributed by atoms with Gasteiger partial charge in [-0.1, -0.05) is 30.7 Å². The van der Waals surface area contributed by atoms with E-state index in [0.29, 0.717) is 6.42 Å². The van der Waals surface area contributed by atoms with Crippen molar-refractivity contribution in [2.75, 3.05) is 0 Å². The molecule has 2 aromatic rings. The summed E-state index contributed by atoms with van der Waals surface area (Å²) in [5.41, 5.74) is 6.88. The number of pyridine rings is 1. The van der Waals surface area contributed by atoms with Crippen LogP contribution in [0.3, 0.4) is 0 Å². The van der Waals surface area contributed by atoms with E-state index in [2.05, 4.69) is 4.98 Å². The molecule has 1 heterocycles. The average Bonchev–Trinajstić information content (AvgIpc) is 2.49. The van der Waals surface area contributed by atoms with Crippen molar-refractivity contribution in [3.8, 4) is 5.75 Å². The normalized spacial score (nSPS) is 13.8. The molecule has 0 bridgehead atoms. The van der Waals surface area contributed by atoms with Crippen LogP contribution in [0.1, 0.15) is 25.0 Å². The van der Waals surface area contributed by atoms with Gasteiger partial charge in [-0.2, -0.15) is 0 Å². The van der Waals surface area contributed by atoms with Gasteiger partial charge in [0, 0.05) is 24.0 Å². The Balaban J connectivity index is 2.31. The van der Waals surface area contributed by atoms with Gasteiger partial charge in [-0.05, 0) is 24.6 Å². The smallest absolute Gasteiger partial charge is 0.183 e. The second-order valence-electron chi connectivity index (χ2n) is 4.45. The molecular formula is C15H16ClFN2O. The van der Waals surface area contributed by atoms with E-state index >= 15 is 0 Å². The number of nitrogens with zero attached hydrogens (tertiary/aromatic N) is 1. The van der Waals surface area contributed by atoms with E-state index in [9.17, 15) is 4.39 Å². The Morgan fingerprint density at radius 1 is 1.35 bits per heavy atom. The number of ether oxygens (including phenoxy) is 1. The summed E-state index contributed by atoms with van der Waals surface area (Å²) in [5, 5.41) is 0.0255. The van der Waals surface area contributed by atoms with Gasteiger partial charge in [0.1, 0.15) is 6.10 Å². The number of hydrogen-bond acceptors (Lipinski definition) is 3. The minimum atomic E-state index is -0.577. The van der Waals surface area contributed by atoms with Crippen LogP contribution in [0.15, 0.2) is 42.7 Å². The van der Waals surface area contributed by atoms with Gasteiger partial charge in [0.2, 0.25) is 0 Å². The van der Waals surface area contributed by atoms with Crippen LogP contribution in [0, 0.1) is 5.82 Å². The van der Waals surface area contributed by atoms with Gasteiger partial charge in [0.15, 0.2) is 11.6 Å². The van der Waals surface area contributed by atoms with Gasteiger partial charge in [-0.15, -0.1) is 0 Å². The summed E-state index contributed by atoms with van der Waals surface area (Å²) in [6.45, 7) is 1.95. The molecule has 0 aliphatic rings. The Bertz CT molecular complexity index is 565. The largest absolute Gasteiger partial charge is 0.481 e. The van der Waals surface area contributed by atoms with Gasteiger partial charge in [-0.25, -0.2) is 4.39 Å². The van der Waals surface area contributed by atoms with E-state index in [1.807, 2.05) is 13.0 Å². The van der Waals surface area contributed by atoms with E-state index in [0.717, 1.165) is 5.56 Å². The average molecular weight is 295 g/mol. The molecule has 2 unspecified atom stereocenters. The highest BCUT2D eigenvalue weighted by Gasteiger charge is 2.22. The lowest BCUT2D eigenvalue weighted by molar-refractivity contribution is 0.163. The fraction of sp³-hybridized carbons (Fsp3) is 0.267. The number of aromatic nitrogens is 1. The number of nitrogens with two attached hydrogens (primary N) is 1. The van der Waals surface area contributed by atoms with Gasteiger partial charge < -0.3 is 10.5 Å². The Kier molecular flexibility index (Phi) is 4.93. The molecule has 2 N–H and O–H groups in total. The molecule has 0 radical (unpaired) electrons. The van der Waals surface area contributed by atoms with Gasteiger partial charge >= 0.3 is 0 Å². The fourth-order valence-corrected chi connectivity index (χ4v) is 2.04. The molecule has 2 atom stereocenters. The maximum absolute atomic E-state index is 13.9. The van der Waals surface area contributed by atoms with Crippen molar-refractivity contribution in [1.82, 2.24) is 4.98 Å². The molecule has 5 heteroatoms. The lowest BCUT2D eigenvalue weighted by atomic mass is 10.0. The highest BCUT2D eigenvalue weighted by molar-refractivity contribution is 6.30. The van der Waals surface area contributed by atoms with Gasteiger partial charge in [0.05, 0.1) is 5.02 Å². The van der Waals surface area contributed by atoms with Crippen molar-refractivity contribution in [1.29, 1.82) is 0 Å². The molecule has 1 aromatic carbocycles. The van der Waals surface area contributed by atoms with E-state index in [-0.39, 0.29) is 16.8 Å². The number of hydrogen-bond donors (Lipinski definition) is 1. The molecule has 0 saturated carbocycles. The van der Waals surface area contributed by atoms with E-state index in [1.165, 1.54) is 12.1 Å². The summed E-state index contributed by atoms with van der Waals surface area (Å²) < 4.78 is 19.7. The predicted octanol–water partition coefficient (Wildman–Crippen LogP) is 3.73. The van der Waals surface area contributed by atoms with Crippen LogP contribution in [0.25, 0.3) is 0 Å². The van der Waals surface area contributed by atoms with E-state index in [1.54, 1.807) is 24.5 Å². The van der Waals surface area contributed by atoms with Crippen LogP contribution in [0.4, 0.5) is 4.39 Å². The third kappa shape index (κ3) is 3.26. The molecule has 1 aromatic heterocycles. The zero-order chi connectivity index (χ0) is 14.5. The monoisotopic (exact) mass is 294 g/mol. The van der Waals surface area contributed by atoms with Crippen LogP contribution in [0.2, 0.25) is 5.02 Å². The van der Waals surface area contributed by atoms with Crippen molar-refractivity contribution in [2.45, 2.75) is 25.5 Å². The molecule has 2 rings (SSSR count). The maximum atomic E-state index is 13.9. The summed E-state index contributed by atoms with van der Waals surface area (Å²) in [7, 11) is 0. The van der Waals surface area contributed by atoms with Gasteiger partial charge in [0.25, 0.3) is 0 Å². The Labute approximate surface area is 122 Å². The fourth-order valence-electron chi connectivity index (χ4n) is 1.87. The maximum Gasteiger partial charge on any atom is 0.183 e. The summed E-state index contributed by atoms with van der Waals surface area (Å²) in [4.78, 5) is 4.05. The highest BCUT2D eigenvalue weighted by atomic mass is 35.5. The second kappa shape index (κ2) is 6.68. The predicted molar refractivity (Wildman–Crippen MR) is 77.3 cm³/mol. The Morgan fingerprint density at radius 3 is 2.80 bits per heavy atom. The van der Waals surface area contributed by atoms with Crippen LogP contribution >= 0.6 is 11.6 Å². The molecule has 0 aliphatic carbocycles. The van der Waals surface area contributed by atoms with Crippen LogP contribution in [-0.2, 0) is 0 Å². The Hall–Kier alpha value is -1.65. The molecule has 3 nitrogen and oxygen atoms in total. The first-order valence-corrected chi connectivity index (χ1v) is 6.77. The lowest BCUT2D eigenvalue weighted by Crippen LogP contribution is -2.31. The van der Waals surface area contributed by atoms with Gasteiger partial charge in [-0.3, -0.25) is 4.98 Å².